The fourth-order valence-corrected chi connectivity index (χ4v) is 1.61. The second kappa shape index (κ2) is 4.36. The van der Waals surface area contributed by atoms with E-state index in [0.717, 1.165) is 18.6 Å². The van der Waals surface area contributed by atoms with Crippen molar-refractivity contribution >= 4 is 18.6 Å². The molecule has 3 heteroatoms. The van der Waals surface area contributed by atoms with Crippen molar-refractivity contribution in [3.8, 4) is 0 Å². The van der Waals surface area contributed by atoms with E-state index in [1.807, 2.05) is 13.8 Å². The molecule has 0 aliphatic heterocycles. The molecule has 1 aliphatic rings. The summed E-state index contributed by atoms with van der Waals surface area (Å²) in [6.45, 7) is 4.62. The Morgan fingerprint density at radius 2 is 2.15 bits per heavy atom. The van der Waals surface area contributed by atoms with E-state index in [4.69, 9.17) is 4.74 Å². The molecule has 0 unspecified atom stereocenters. The van der Waals surface area contributed by atoms with Crippen molar-refractivity contribution in [3.63, 3.8) is 0 Å². The maximum atomic E-state index is 11.3. The minimum absolute atomic E-state index is 0.0553. The molecule has 0 N–H and O–H groups in total. The molecular weight excluding hydrogens is 184 g/mol. The topological polar surface area (TPSA) is 26.3 Å². The van der Waals surface area contributed by atoms with Crippen molar-refractivity contribution in [1.82, 2.24) is 0 Å². The summed E-state index contributed by atoms with van der Waals surface area (Å²) in [6, 6.07) is 0. The minimum Gasteiger partial charge on any atom is -0.465 e. The highest BCUT2D eigenvalue weighted by molar-refractivity contribution is 7.80. The molecule has 13 heavy (non-hydrogen) atoms. The lowest BCUT2D eigenvalue weighted by Crippen LogP contribution is -2.16. The molecule has 0 aromatic rings. The first-order valence-corrected chi connectivity index (χ1v) is 5.48. The first-order valence-electron chi connectivity index (χ1n) is 4.84. The molecule has 0 spiro atoms. The van der Waals surface area contributed by atoms with E-state index in [1.165, 1.54) is 0 Å². The van der Waals surface area contributed by atoms with E-state index < -0.39 is 0 Å². The van der Waals surface area contributed by atoms with Gasteiger partial charge in [0.05, 0.1) is 13.0 Å². The SMILES string of the molecule is CC(C)COC(=O)CC1(CS)CC1. The van der Waals surface area contributed by atoms with Gasteiger partial charge < -0.3 is 4.74 Å². The third kappa shape index (κ3) is 3.59. The lowest BCUT2D eigenvalue weighted by atomic mass is 10.1. The Labute approximate surface area is 85.4 Å². The van der Waals surface area contributed by atoms with E-state index in [9.17, 15) is 4.79 Å². The molecule has 0 atom stereocenters. The number of rotatable bonds is 5. The maximum Gasteiger partial charge on any atom is 0.306 e. The lowest BCUT2D eigenvalue weighted by Gasteiger charge is -2.12. The van der Waals surface area contributed by atoms with Crippen LogP contribution in [0.3, 0.4) is 0 Å². The first-order chi connectivity index (χ1) is 6.08. The van der Waals surface area contributed by atoms with Crippen molar-refractivity contribution in [1.29, 1.82) is 0 Å². The molecule has 1 fully saturated rings. The minimum atomic E-state index is -0.0553. The number of esters is 1. The van der Waals surface area contributed by atoms with Gasteiger partial charge in [0.1, 0.15) is 0 Å². The number of hydrogen-bond acceptors (Lipinski definition) is 3. The predicted octanol–water partition coefficient (Wildman–Crippen LogP) is 2.29. The van der Waals surface area contributed by atoms with Crippen LogP contribution in [0.5, 0.6) is 0 Å². The Hall–Kier alpha value is -0.180. The zero-order valence-electron chi connectivity index (χ0n) is 8.38. The van der Waals surface area contributed by atoms with Crippen LogP contribution in [-0.2, 0) is 9.53 Å². The fraction of sp³-hybridized carbons (Fsp3) is 0.900. The van der Waals surface area contributed by atoms with Crippen molar-refractivity contribution in [3.05, 3.63) is 0 Å². The summed E-state index contributed by atoms with van der Waals surface area (Å²) in [5, 5.41) is 0. The van der Waals surface area contributed by atoms with Crippen LogP contribution in [0.4, 0.5) is 0 Å². The van der Waals surface area contributed by atoms with Crippen molar-refractivity contribution < 1.29 is 9.53 Å². The Bertz CT molecular complexity index is 185. The number of ether oxygens (including phenoxy) is 1. The molecule has 0 amide bonds. The van der Waals surface area contributed by atoms with Gasteiger partial charge in [0.15, 0.2) is 0 Å². The molecule has 0 bridgehead atoms. The van der Waals surface area contributed by atoms with E-state index in [-0.39, 0.29) is 11.4 Å². The van der Waals surface area contributed by atoms with Crippen LogP contribution in [0.2, 0.25) is 0 Å². The summed E-state index contributed by atoms with van der Waals surface area (Å²) >= 11 is 4.24. The van der Waals surface area contributed by atoms with Crippen LogP contribution in [0.15, 0.2) is 0 Å². The van der Waals surface area contributed by atoms with Crippen molar-refractivity contribution in [2.24, 2.45) is 11.3 Å². The molecule has 1 aliphatic carbocycles. The average Bonchev–Trinajstić information content (AvgIpc) is 2.82. The molecule has 0 aromatic heterocycles. The predicted molar refractivity (Wildman–Crippen MR) is 55.9 cm³/mol. The monoisotopic (exact) mass is 202 g/mol. The Morgan fingerprint density at radius 1 is 1.54 bits per heavy atom. The van der Waals surface area contributed by atoms with Gasteiger partial charge in [-0.1, -0.05) is 13.8 Å². The first kappa shape index (κ1) is 10.9. The molecule has 0 saturated heterocycles. The van der Waals surface area contributed by atoms with Gasteiger partial charge >= 0.3 is 5.97 Å². The van der Waals surface area contributed by atoms with E-state index in [0.29, 0.717) is 18.9 Å². The number of thiol groups is 1. The van der Waals surface area contributed by atoms with Crippen LogP contribution in [0, 0.1) is 11.3 Å². The summed E-state index contributed by atoms with van der Waals surface area (Å²) in [6.07, 6.45) is 2.82. The number of hydrogen-bond donors (Lipinski definition) is 1. The summed E-state index contributed by atoms with van der Waals surface area (Å²) in [5.41, 5.74) is 0.192. The van der Waals surface area contributed by atoms with Gasteiger partial charge in [0.2, 0.25) is 0 Å². The Kier molecular flexibility index (Phi) is 3.65. The highest BCUT2D eigenvalue weighted by atomic mass is 32.1. The lowest BCUT2D eigenvalue weighted by molar-refractivity contribution is -0.145. The summed E-state index contributed by atoms with van der Waals surface area (Å²) < 4.78 is 5.11. The van der Waals surface area contributed by atoms with Crippen LogP contribution < -0.4 is 0 Å². The Balaban J connectivity index is 2.18. The van der Waals surface area contributed by atoms with Gasteiger partial charge in [-0.15, -0.1) is 0 Å². The highest BCUT2D eigenvalue weighted by Gasteiger charge is 2.43. The molecule has 76 valence electrons. The fourth-order valence-electron chi connectivity index (χ4n) is 1.18. The second-order valence-electron chi connectivity index (χ2n) is 4.41. The van der Waals surface area contributed by atoms with Crippen LogP contribution >= 0.6 is 12.6 Å². The molecule has 1 saturated carbocycles. The van der Waals surface area contributed by atoms with Crippen LogP contribution in [0.25, 0.3) is 0 Å². The number of carbonyl (C=O) groups is 1. The molecule has 0 radical (unpaired) electrons. The van der Waals surface area contributed by atoms with E-state index in [2.05, 4.69) is 12.6 Å². The van der Waals surface area contributed by atoms with Gasteiger partial charge in [-0.3, -0.25) is 4.79 Å². The van der Waals surface area contributed by atoms with Gasteiger partial charge in [-0.2, -0.15) is 12.6 Å². The standard InChI is InChI=1S/C10H18O2S/c1-8(2)6-12-9(11)5-10(7-13)3-4-10/h8,13H,3-7H2,1-2H3. The zero-order chi connectivity index (χ0) is 9.90. The quantitative estimate of drug-likeness (QED) is 0.547. The zero-order valence-corrected chi connectivity index (χ0v) is 9.27. The summed E-state index contributed by atoms with van der Waals surface area (Å²) in [5.74, 6) is 1.18. The van der Waals surface area contributed by atoms with Gasteiger partial charge in [-0.05, 0) is 29.9 Å². The highest BCUT2D eigenvalue weighted by Crippen LogP contribution is 2.49. The molecular formula is C10H18O2S. The van der Waals surface area contributed by atoms with Gasteiger partial charge in [0, 0.05) is 0 Å². The number of carbonyl (C=O) groups excluding carboxylic acids is 1. The molecule has 1 rings (SSSR count). The molecule has 0 heterocycles. The maximum absolute atomic E-state index is 11.3. The smallest absolute Gasteiger partial charge is 0.306 e. The van der Waals surface area contributed by atoms with E-state index in [1.54, 1.807) is 0 Å². The van der Waals surface area contributed by atoms with E-state index >= 15 is 0 Å². The third-order valence-corrected chi connectivity index (χ3v) is 3.06. The Morgan fingerprint density at radius 3 is 2.54 bits per heavy atom. The normalized spacial score (nSPS) is 18.8. The molecule has 2 nitrogen and oxygen atoms in total. The van der Waals surface area contributed by atoms with Gasteiger partial charge in [-0.25, -0.2) is 0 Å². The summed E-state index contributed by atoms with van der Waals surface area (Å²) in [4.78, 5) is 11.3. The largest absolute Gasteiger partial charge is 0.465 e. The van der Waals surface area contributed by atoms with Gasteiger partial charge in [0.25, 0.3) is 0 Å². The second-order valence-corrected chi connectivity index (χ2v) is 4.73. The van der Waals surface area contributed by atoms with Crippen molar-refractivity contribution in [2.75, 3.05) is 12.4 Å². The summed E-state index contributed by atoms with van der Waals surface area (Å²) in [7, 11) is 0. The average molecular weight is 202 g/mol. The van der Waals surface area contributed by atoms with Crippen LogP contribution in [0.1, 0.15) is 33.1 Å². The van der Waals surface area contributed by atoms with Crippen molar-refractivity contribution in [2.45, 2.75) is 33.1 Å². The third-order valence-electron chi connectivity index (χ3n) is 2.39. The molecule has 0 aromatic carbocycles. The van der Waals surface area contributed by atoms with Crippen LogP contribution in [-0.4, -0.2) is 18.3 Å².